The van der Waals surface area contributed by atoms with Gasteiger partial charge in [-0.15, -0.1) is 0 Å². The molecule has 0 fully saturated rings. The second-order valence-corrected chi connectivity index (χ2v) is 2.95. The minimum Gasteiger partial charge on any atom is -0.347 e. The summed E-state index contributed by atoms with van der Waals surface area (Å²) in [5.41, 5.74) is 0.243. The van der Waals surface area contributed by atoms with Gasteiger partial charge in [0.25, 0.3) is 11.6 Å². The number of nitrogens with one attached hydrogen (secondary N) is 1. The van der Waals surface area contributed by atoms with Gasteiger partial charge in [-0.3, -0.25) is 14.9 Å². The summed E-state index contributed by atoms with van der Waals surface area (Å²) in [6.07, 6.45) is -3.08. The molecule has 0 aliphatic heterocycles. The monoisotopic (exact) mass is 230 g/mol. The molecule has 7 heteroatoms. The zero-order valence-electron chi connectivity index (χ0n) is 8.02. The lowest BCUT2D eigenvalue weighted by Gasteiger charge is -2.03. The average Bonchev–Trinajstić information content (AvgIpc) is 2.26. The van der Waals surface area contributed by atoms with Crippen molar-refractivity contribution in [3.8, 4) is 0 Å². The maximum atomic E-state index is 11.8. The van der Waals surface area contributed by atoms with E-state index in [1.54, 1.807) is 0 Å². The number of nitrogens with zero attached hydrogens (tertiary/aromatic N) is 1. The van der Waals surface area contributed by atoms with Crippen LogP contribution >= 0.6 is 0 Å². The van der Waals surface area contributed by atoms with Gasteiger partial charge < -0.3 is 5.32 Å². The molecule has 0 saturated heterocycles. The molecular formula is C9H8F2N2O3. The third kappa shape index (κ3) is 3.26. The van der Waals surface area contributed by atoms with Crippen molar-refractivity contribution >= 4 is 11.6 Å². The molecule has 0 aliphatic carbocycles. The first-order chi connectivity index (χ1) is 7.50. The number of alkyl halides is 2. The number of halogens is 2. The number of hydrogen-bond acceptors (Lipinski definition) is 3. The molecule has 5 nitrogen and oxygen atoms in total. The van der Waals surface area contributed by atoms with E-state index in [4.69, 9.17) is 0 Å². The highest BCUT2D eigenvalue weighted by Gasteiger charge is 2.14. The maximum absolute atomic E-state index is 11.8. The Labute approximate surface area is 89.2 Å². The number of nitro groups is 1. The van der Waals surface area contributed by atoms with E-state index in [0.29, 0.717) is 5.56 Å². The lowest BCUT2D eigenvalue weighted by atomic mass is 10.2. The van der Waals surface area contributed by atoms with Crippen molar-refractivity contribution in [1.82, 2.24) is 5.32 Å². The van der Waals surface area contributed by atoms with E-state index < -0.39 is 17.3 Å². The Balaban J connectivity index is 2.64. The number of rotatable bonds is 4. The number of amides is 1. The molecule has 0 atom stereocenters. The zero-order valence-corrected chi connectivity index (χ0v) is 8.02. The molecule has 0 saturated carbocycles. The van der Waals surface area contributed by atoms with E-state index in [-0.39, 0.29) is 12.2 Å². The fraction of sp³-hybridized carbons (Fsp3) is 0.222. The number of carbonyl (C=O) groups is 1. The summed E-state index contributed by atoms with van der Waals surface area (Å²) in [5, 5.41) is 12.4. The molecule has 1 N–H and O–H groups in total. The maximum Gasteiger partial charge on any atom is 0.315 e. The van der Waals surface area contributed by atoms with E-state index in [9.17, 15) is 23.7 Å². The number of hydrogen-bond donors (Lipinski definition) is 1. The molecule has 0 aromatic heterocycles. The topological polar surface area (TPSA) is 72.2 Å². The van der Waals surface area contributed by atoms with Crippen molar-refractivity contribution in [2.24, 2.45) is 0 Å². The fourth-order valence-electron chi connectivity index (χ4n) is 1.05. The standard InChI is InChI=1S/C9H8F2N2O3/c10-8(11)9(14)12-5-6-2-1-3-7(4-6)13(15)16/h1-4,8H,5H2,(H,12,14). The summed E-state index contributed by atoms with van der Waals surface area (Å²) in [6, 6.07) is 5.41. The van der Waals surface area contributed by atoms with Gasteiger partial charge in [0.15, 0.2) is 0 Å². The quantitative estimate of drug-likeness (QED) is 0.628. The highest BCUT2D eigenvalue weighted by Crippen LogP contribution is 2.12. The molecular weight excluding hydrogens is 222 g/mol. The van der Waals surface area contributed by atoms with Crippen molar-refractivity contribution in [2.75, 3.05) is 0 Å². The van der Waals surface area contributed by atoms with Gasteiger partial charge in [-0.25, -0.2) is 0 Å². The lowest BCUT2D eigenvalue weighted by molar-refractivity contribution is -0.384. The van der Waals surface area contributed by atoms with Crippen LogP contribution < -0.4 is 5.32 Å². The van der Waals surface area contributed by atoms with E-state index in [1.807, 2.05) is 5.32 Å². The van der Waals surface area contributed by atoms with Gasteiger partial charge in [0.2, 0.25) is 0 Å². The third-order valence-electron chi connectivity index (χ3n) is 1.79. The molecule has 0 bridgehead atoms. The van der Waals surface area contributed by atoms with E-state index in [0.717, 1.165) is 0 Å². The van der Waals surface area contributed by atoms with Gasteiger partial charge in [-0.05, 0) is 5.56 Å². The first-order valence-corrected chi connectivity index (χ1v) is 4.30. The minimum atomic E-state index is -3.08. The van der Waals surface area contributed by atoms with E-state index >= 15 is 0 Å². The second kappa shape index (κ2) is 5.15. The molecule has 0 aliphatic rings. The zero-order chi connectivity index (χ0) is 12.1. The Morgan fingerprint density at radius 3 is 2.75 bits per heavy atom. The lowest BCUT2D eigenvalue weighted by Crippen LogP contribution is -2.28. The van der Waals surface area contributed by atoms with Crippen molar-refractivity contribution in [3.05, 3.63) is 39.9 Å². The Kier molecular flexibility index (Phi) is 3.87. The number of nitro benzene ring substituents is 1. The SMILES string of the molecule is O=C(NCc1cccc([N+](=O)[O-])c1)C(F)F. The van der Waals surface area contributed by atoms with Crippen molar-refractivity contribution < 1.29 is 18.5 Å². The second-order valence-electron chi connectivity index (χ2n) is 2.95. The van der Waals surface area contributed by atoms with Crippen LogP contribution in [-0.4, -0.2) is 17.3 Å². The van der Waals surface area contributed by atoms with Crippen LogP contribution in [0.15, 0.2) is 24.3 Å². The van der Waals surface area contributed by atoms with Crippen LogP contribution in [0, 0.1) is 10.1 Å². The number of non-ortho nitro benzene ring substituents is 1. The van der Waals surface area contributed by atoms with Crippen LogP contribution in [0.2, 0.25) is 0 Å². The molecule has 86 valence electrons. The predicted octanol–water partition coefficient (Wildman–Crippen LogP) is 1.48. The van der Waals surface area contributed by atoms with Gasteiger partial charge in [-0.2, -0.15) is 8.78 Å². The highest BCUT2D eigenvalue weighted by atomic mass is 19.3. The molecule has 0 radical (unpaired) electrons. The van der Waals surface area contributed by atoms with Gasteiger partial charge in [0, 0.05) is 18.7 Å². The Hall–Kier alpha value is -2.05. The summed E-state index contributed by atoms with van der Waals surface area (Å²) in [6.45, 7) is -0.162. The molecule has 0 heterocycles. The molecule has 1 aromatic rings. The van der Waals surface area contributed by atoms with Crippen LogP contribution in [0.4, 0.5) is 14.5 Å². The molecule has 1 aromatic carbocycles. The van der Waals surface area contributed by atoms with E-state index in [1.165, 1.54) is 24.3 Å². The Morgan fingerprint density at radius 2 is 2.19 bits per heavy atom. The normalized spacial score (nSPS) is 10.2. The molecule has 16 heavy (non-hydrogen) atoms. The van der Waals surface area contributed by atoms with Crippen molar-refractivity contribution in [2.45, 2.75) is 13.0 Å². The smallest absolute Gasteiger partial charge is 0.315 e. The van der Waals surface area contributed by atoms with Crippen LogP contribution in [0.3, 0.4) is 0 Å². The van der Waals surface area contributed by atoms with E-state index in [2.05, 4.69) is 0 Å². The number of carbonyl (C=O) groups excluding carboxylic acids is 1. The van der Waals surface area contributed by atoms with Crippen LogP contribution in [0.1, 0.15) is 5.56 Å². The van der Waals surface area contributed by atoms with Crippen LogP contribution in [0.5, 0.6) is 0 Å². The number of benzene rings is 1. The largest absolute Gasteiger partial charge is 0.347 e. The first-order valence-electron chi connectivity index (χ1n) is 4.30. The Bertz CT molecular complexity index is 409. The summed E-state index contributed by atoms with van der Waals surface area (Å²) in [5.74, 6) is -1.40. The van der Waals surface area contributed by atoms with Crippen LogP contribution in [0.25, 0.3) is 0 Å². The van der Waals surface area contributed by atoms with Crippen molar-refractivity contribution in [1.29, 1.82) is 0 Å². The molecule has 1 rings (SSSR count). The van der Waals surface area contributed by atoms with Gasteiger partial charge in [0.05, 0.1) is 4.92 Å². The van der Waals surface area contributed by atoms with Crippen molar-refractivity contribution in [3.63, 3.8) is 0 Å². The average molecular weight is 230 g/mol. The first kappa shape index (κ1) is 12.0. The van der Waals surface area contributed by atoms with Crippen LogP contribution in [-0.2, 0) is 11.3 Å². The fourth-order valence-corrected chi connectivity index (χ4v) is 1.05. The Morgan fingerprint density at radius 1 is 1.50 bits per heavy atom. The molecule has 0 spiro atoms. The summed E-state index contributed by atoms with van der Waals surface area (Å²) >= 11 is 0. The predicted molar refractivity (Wildman–Crippen MR) is 50.9 cm³/mol. The summed E-state index contributed by atoms with van der Waals surface area (Å²) in [7, 11) is 0. The summed E-state index contributed by atoms with van der Waals surface area (Å²) < 4.78 is 23.6. The molecule has 1 amide bonds. The summed E-state index contributed by atoms with van der Waals surface area (Å²) in [4.78, 5) is 20.3. The molecule has 0 unspecified atom stereocenters. The van der Waals surface area contributed by atoms with Gasteiger partial charge >= 0.3 is 6.43 Å². The van der Waals surface area contributed by atoms with Gasteiger partial charge in [-0.1, -0.05) is 12.1 Å². The minimum absolute atomic E-state index is 0.149. The van der Waals surface area contributed by atoms with Gasteiger partial charge in [0.1, 0.15) is 0 Å². The highest BCUT2D eigenvalue weighted by molar-refractivity contribution is 5.79. The third-order valence-corrected chi connectivity index (χ3v) is 1.79.